The molecule has 0 heterocycles. The predicted molar refractivity (Wildman–Crippen MR) is 39.8 cm³/mol. The maximum atomic E-state index is 4.98. The molecule has 0 fully saturated rings. The molecule has 0 atom stereocenters. The molecule has 4 heteroatoms. The van der Waals surface area contributed by atoms with Gasteiger partial charge in [0.1, 0.15) is 0 Å². The summed E-state index contributed by atoms with van der Waals surface area (Å²) in [6.07, 6.45) is 0. The average molecular weight is 148 g/mol. The average Bonchev–Trinajstić information content (AvgIpc) is 1.97. The number of rotatable bonds is 7. The van der Waals surface area contributed by atoms with Gasteiger partial charge in [0, 0.05) is 20.2 Å². The molecular formula is C6H16N2O2. The number of ether oxygens (including phenoxy) is 1. The Morgan fingerprint density at radius 1 is 1.20 bits per heavy atom. The van der Waals surface area contributed by atoms with Crippen molar-refractivity contribution in [1.29, 1.82) is 0 Å². The number of hydrogen-bond acceptors (Lipinski definition) is 4. The third-order valence-electron chi connectivity index (χ3n) is 0.964. The first-order valence-corrected chi connectivity index (χ1v) is 3.40. The van der Waals surface area contributed by atoms with Crippen molar-refractivity contribution in [2.75, 3.05) is 40.5 Å². The van der Waals surface area contributed by atoms with Crippen LogP contribution in [-0.4, -0.2) is 40.5 Å². The fraction of sp³-hybridized carbons (Fsp3) is 1.00. The molecule has 4 nitrogen and oxygen atoms in total. The Bertz CT molecular complexity index is 53.7. The van der Waals surface area contributed by atoms with E-state index in [0.717, 1.165) is 13.1 Å². The lowest BCUT2D eigenvalue weighted by atomic mass is 10.7. The van der Waals surface area contributed by atoms with Gasteiger partial charge in [-0.3, -0.25) is 0 Å². The molecule has 0 aromatic heterocycles. The van der Waals surface area contributed by atoms with Crippen LogP contribution in [0.1, 0.15) is 0 Å². The SMILES string of the molecule is CNCCONCCOC. The van der Waals surface area contributed by atoms with Gasteiger partial charge in [-0.2, -0.15) is 0 Å². The molecule has 0 aliphatic carbocycles. The Hall–Kier alpha value is -0.160. The van der Waals surface area contributed by atoms with E-state index in [9.17, 15) is 0 Å². The number of hydrogen-bond donors (Lipinski definition) is 2. The van der Waals surface area contributed by atoms with E-state index < -0.39 is 0 Å². The van der Waals surface area contributed by atoms with Crippen molar-refractivity contribution in [2.45, 2.75) is 0 Å². The van der Waals surface area contributed by atoms with E-state index in [2.05, 4.69) is 10.8 Å². The highest BCUT2D eigenvalue weighted by Crippen LogP contribution is 1.66. The lowest BCUT2D eigenvalue weighted by Gasteiger charge is -2.03. The van der Waals surface area contributed by atoms with Gasteiger partial charge >= 0.3 is 0 Å². The summed E-state index contributed by atoms with van der Waals surface area (Å²) in [5, 5.41) is 2.96. The quantitative estimate of drug-likeness (QED) is 0.373. The second-order valence-corrected chi connectivity index (χ2v) is 1.84. The van der Waals surface area contributed by atoms with E-state index >= 15 is 0 Å². The number of hydroxylamine groups is 1. The van der Waals surface area contributed by atoms with Crippen LogP contribution in [0.2, 0.25) is 0 Å². The van der Waals surface area contributed by atoms with E-state index in [1.807, 2.05) is 7.05 Å². The molecule has 2 N–H and O–H groups in total. The second-order valence-electron chi connectivity index (χ2n) is 1.84. The van der Waals surface area contributed by atoms with Crippen molar-refractivity contribution in [1.82, 2.24) is 10.8 Å². The van der Waals surface area contributed by atoms with Crippen molar-refractivity contribution in [3.8, 4) is 0 Å². The Morgan fingerprint density at radius 2 is 2.00 bits per heavy atom. The summed E-state index contributed by atoms with van der Waals surface area (Å²) in [6, 6.07) is 0. The molecule has 10 heavy (non-hydrogen) atoms. The molecule has 62 valence electrons. The van der Waals surface area contributed by atoms with Crippen LogP contribution in [-0.2, 0) is 9.57 Å². The number of methoxy groups -OCH3 is 1. The Balaban J connectivity index is 2.65. The van der Waals surface area contributed by atoms with Crippen LogP contribution in [0.3, 0.4) is 0 Å². The fourth-order valence-corrected chi connectivity index (χ4v) is 0.441. The molecule has 0 amide bonds. The van der Waals surface area contributed by atoms with Crippen LogP contribution in [0.15, 0.2) is 0 Å². The summed E-state index contributed by atoms with van der Waals surface area (Å²) in [6.45, 7) is 2.96. The van der Waals surface area contributed by atoms with Crippen LogP contribution >= 0.6 is 0 Å². The van der Waals surface area contributed by atoms with Gasteiger partial charge in [-0.05, 0) is 7.05 Å². The minimum Gasteiger partial charge on any atom is -0.383 e. The van der Waals surface area contributed by atoms with Gasteiger partial charge in [-0.25, -0.2) is 5.48 Å². The number of nitrogens with one attached hydrogen (secondary N) is 2. The first-order valence-electron chi connectivity index (χ1n) is 3.40. The topological polar surface area (TPSA) is 42.5 Å². The molecule has 0 unspecified atom stereocenters. The van der Waals surface area contributed by atoms with E-state index in [4.69, 9.17) is 9.57 Å². The highest BCUT2D eigenvalue weighted by Gasteiger charge is 1.84. The molecule has 0 spiro atoms. The van der Waals surface area contributed by atoms with Gasteiger partial charge in [0.15, 0.2) is 0 Å². The highest BCUT2D eigenvalue weighted by atomic mass is 16.6. The fourth-order valence-electron chi connectivity index (χ4n) is 0.441. The standard InChI is InChI=1S/C6H16N2O2/c1-7-3-6-10-8-4-5-9-2/h7-8H,3-6H2,1-2H3. The molecule has 0 saturated carbocycles. The minimum atomic E-state index is 0.680. The summed E-state index contributed by atoms with van der Waals surface area (Å²) in [4.78, 5) is 4.98. The van der Waals surface area contributed by atoms with Gasteiger partial charge in [0.05, 0.1) is 13.2 Å². The zero-order valence-electron chi connectivity index (χ0n) is 6.64. The van der Waals surface area contributed by atoms with E-state index in [1.165, 1.54) is 0 Å². The lowest BCUT2D eigenvalue weighted by molar-refractivity contribution is 0.0295. The molecule has 0 bridgehead atoms. The third-order valence-corrected chi connectivity index (χ3v) is 0.964. The third kappa shape index (κ3) is 7.84. The zero-order valence-corrected chi connectivity index (χ0v) is 6.64. The van der Waals surface area contributed by atoms with Crippen molar-refractivity contribution in [2.24, 2.45) is 0 Å². The van der Waals surface area contributed by atoms with Gasteiger partial charge < -0.3 is 14.9 Å². The normalized spacial score (nSPS) is 10.2. The summed E-state index contributed by atoms with van der Waals surface area (Å²) in [5.41, 5.74) is 2.76. The van der Waals surface area contributed by atoms with E-state index in [-0.39, 0.29) is 0 Å². The predicted octanol–water partition coefficient (Wildman–Crippen LogP) is -0.627. The van der Waals surface area contributed by atoms with Crippen molar-refractivity contribution in [3.63, 3.8) is 0 Å². The largest absolute Gasteiger partial charge is 0.383 e. The summed E-state index contributed by atoms with van der Waals surface area (Å²) in [7, 11) is 3.55. The van der Waals surface area contributed by atoms with Crippen LogP contribution in [0.5, 0.6) is 0 Å². The summed E-state index contributed by atoms with van der Waals surface area (Å²) >= 11 is 0. The maximum Gasteiger partial charge on any atom is 0.0806 e. The van der Waals surface area contributed by atoms with Crippen LogP contribution in [0, 0.1) is 0 Å². The first kappa shape index (κ1) is 9.84. The number of likely N-dealkylation sites (N-methyl/N-ethyl adjacent to an activating group) is 1. The van der Waals surface area contributed by atoms with E-state index in [1.54, 1.807) is 7.11 Å². The molecule has 0 radical (unpaired) electrons. The summed E-state index contributed by atoms with van der Waals surface area (Å²) < 4.78 is 4.79. The highest BCUT2D eigenvalue weighted by molar-refractivity contribution is 4.34. The van der Waals surface area contributed by atoms with E-state index in [0.29, 0.717) is 13.2 Å². The summed E-state index contributed by atoms with van der Waals surface area (Å²) in [5.74, 6) is 0. The Kier molecular flexibility index (Phi) is 8.70. The lowest BCUT2D eigenvalue weighted by Crippen LogP contribution is -2.24. The molecule has 0 saturated heterocycles. The van der Waals surface area contributed by atoms with Gasteiger partial charge in [-0.1, -0.05) is 0 Å². The Labute approximate surface area is 61.8 Å². The van der Waals surface area contributed by atoms with Crippen LogP contribution in [0.25, 0.3) is 0 Å². The van der Waals surface area contributed by atoms with Crippen molar-refractivity contribution < 1.29 is 9.57 Å². The van der Waals surface area contributed by atoms with Gasteiger partial charge in [0.2, 0.25) is 0 Å². The molecule has 0 aromatic carbocycles. The Morgan fingerprint density at radius 3 is 2.60 bits per heavy atom. The zero-order chi connectivity index (χ0) is 7.66. The monoisotopic (exact) mass is 148 g/mol. The second kappa shape index (κ2) is 8.84. The van der Waals surface area contributed by atoms with Crippen LogP contribution < -0.4 is 10.8 Å². The van der Waals surface area contributed by atoms with Crippen molar-refractivity contribution >= 4 is 0 Å². The van der Waals surface area contributed by atoms with Crippen molar-refractivity contribution in [3.05, 3.63) is 0 Å². The molecular weight excluding hydrogens is 132 g/mol. The molecule has 0 aliphatic rings. The molecule has 0 aliphatic heterocycles. The molecule has 0 aromatic rings. The smallest absolute Gasteiger partial charge is 0.0806 e. The van der Waals surface area contributed by atoms with Crippen LogP contribution in [0.4, 0.5) is 0 Å². The van der Waals surface area contributed by atoms with Gasteiger partial charge in [0.25, 0.3) is 0 Å². The maximum absolute atomic E-state index is 4.98. The minimum absolute atomic E-state index is 0.680. The van der Waals surface area contributed by atoms with Gasteiger partial charge in [-0.15, -0.1) is 0 Å². The first-order chi connectivity index (χ1) is 4.91. The molecule has 0 rings (SSSR count).